The van der Waals surface area contributed by atoms with Gasteiger partial charge in [0.15, 0.2) is 0 Å². The molecule has 1 fully saturated rings. The molecule has 5 nitrogen and oxygen atoms in total. The zero-order chi connectivity index (χ0) is 21.6. The molecular weight excluding hydrogens is 386 g/mol. The highest BCUT2D eigenvalue weighted by atomic mass is 16.5. The summed E-state index contributed by atoms with van der Waals surface area (Å²) in [5, 5.41) is 0. The molecule has 4 rings (SSSR count). The molecule has 0 spiro atoms. The number of benzene rings is 2. The number of likely N-dealkylation sites (tertiary alicyclic amines) is 1. The molecule has 2 aliphatic heterocycles. The Hall–Kier alpha value is -2.08. The number of fused-ring (bicyclic) bond motifs is 1. The molecule has 0 saturated carbocycles. The third-order valence-corrected chi connectivity index (χ3v) is 6.45. The molecule has 2 aromatic carbocycles. The summed E-state index contributed by atoms with van der Waals surface area (Å²) in [5.74, 6) is 1.71. The predicted octanol–water partition coefficient (Wildman–Crippen LogP) is 4.01. The molecule has 0 bridgehead atoms. The molecule has 0 radical (unpaired) electrons. The maximum Gasteiger partial charge on any atom is 0.123 e. The van der Waals surface area contributed by atoms with E-state index in [1.165, 1.54) is 41.8 Å². The number of piperidine rings is 1. The van der Waals surface area contributed by atoms with Crippen LogP contribution in [0.3, 0.4) is 0 Å². The molecule has 1 atom stereocenters. The van der Waals surface area contributed by atoms with E-state index in [2.05, 4.69) is 71.3 Å². The van der Waals surface area contributed by atoms with E-state index in [0.29, 0.717) is 5.92 Å². The summed E-state index contributed by atoms with van der Waals surface area (Å²) < 4.78 is 11.5. The monoisotopic (exact) mass is 423 g/mol. The smallest absolute Gasteiger partial charge is 0.123 e. The van der Waals surface area contributed by atoms with Crippen LogP contribution in [0.4, 0.5) is 5.69 Å². The standard InChI is InChI=1S/C26H37N3O2/c1-27(2)25-9-6-21(7-10-25)16-29-13-14-31-26-11-8-22(15-24(26)19-29)17-28-12-4-5-23(18-28)20-30-3/h6-11,15,23H,4-5,12-14,16-20H2,1-3H3. The maximum atomic E-state index is 6.08. The van der Waals surface area contributed by atoms with Crippen molar-refractivity contribution in [3.8, 4) is 5.75 Å². The van der Waals surface area contributed by atoms with E-state index in [-0.39, 0.29) is 0 Å². The average molecular weight is 424 g/mol. The Labute approximate surface area is 187 Å². The van der Waals surface area contributed by atoms with E-state index < -0.39 is 0 Å². The summed E-state index contributed by atoms with van der Waals surface area (Å²) in [6.45, 7) is 7.78. The lowest BCUT2D eigenvalue weighted by atomic mass is 9.98. The highest BCUT2D eigenvalue weighted by Gasteiger charge is 2.21. The van der Waals surface area contributed by atoms with Crippen molar-refractivity contribution >= 4 is 5.69 Å². The maximum absolute atomic E-state index is 6.08. The number of ether oxygens (including phenoxy) is 2. The van der Waals surface area contributed by atoms with Gasteiger partial charge in [-0.15, -0.1) is 0 Å². The van der Waals surface area contributed by atoms with E-state index >= 15 is 0 Å². The van der Waals surface area contributed by atoms with Gasteiger partial charge in [0.05, 0.1) is 6.61 Å². The largest absolute Gasteiger partial charge is 0.492 e. The number of nitrogens with zero attached hydrogens (tertiary/aromatic N) is 3. The van der Waals surface area contributed by atoms with Crippen LogP contribution in [0.1, 0.15) is 29.5 Å². The van der Waals surface area contributed by atoms with Crippen molar-refractivity contribution in [2.75, 3.05) is 59.0 Å². The molecule has 168 valence electrons. The number of hydrogen-bond donors (Lipinski definition) is 0. The van der Waals surface area contributed by atoms with Gasteiger partial charge in [0.25, 0.3) is 0 Å². The fourth-order valence-corrected chi connectivity index (χ4v) is 4.82. The SMILES string of the molecule is COCC1CCCN(Cc2ccc3c(c2)CN(Cc2ccc(N(C)C)cc2)CCO3)C1. The Morgan fingerprint density at radius 2 is 1.77 bits per heavy atom. The third-order valence-electron chi connectivity index (χ3n) is 6.45. The van der Waals surface area contributed by atoms with E-state index in [4.69, 9.17) is 9.47 Å². The van der Waals surface area contributed by atoms with Crippen LogP contribution in [0.25, 0.3) is 0 Å². The topological polar surface area (TPSA) is 28.2 Å². The van der Waals surface area contributed by atoms with Crippen LogP contribution in [0.15, 0.2) is 42.5 Å². The third kappa shape index (κ3) is 6.00. The van der Waals surface area contributed by atoms with Crippen LogP contribution >= 0.6 is 0 Å². The average Bonchev–Trinajstić information content (AvgIpc) is 2.96. The van der Waals surface area contributed by atoms with Crippen molar-refractivity contribution in [2.45, 2.75) is 32.5 Å². The van der Waals surface area contributed by atoms with Gasteiger partial charge < -0.3 is 14.4 Å². The number of anilines is 1. The van der Waals surface area contributed by atoms with Crippen LogP contribution in [-0.4, -0.2) is 63.9 Å². The normalized spacial score (nSPS) is 20.0. The lowest BCUT2D eigenvalue weighted by Gasteiger charge is -2.32. The summed E-state index contributed by atoms with van der Waals surface area (Å²) in [7, 11) is 5.97. The van der Waals surface area contributed by atoms with Crippen LogP contribution in [0.5, 0.6) is 5.75 Å². The second kappa shape index (κ2) is 10.5. The predicted molar refractivity (Wildman–Crippen MR) is 127 cm³/mol. The van der Waals surface area contributed by atoms with Gasteiger partial charge in [-0.05, 0) is 60.7 Å². The second-order valence-electron chi connectivity index (χ2n) is 9.26. The molecule has 1 unspecified atom stereocenters. The van der Waals surface area contributed by atoms with E-state index in [0.717, 1.165) is 51.7 Å². The Balaban J connectivity index is 1.40. The molecular formula is C26H37N3O2. The van der Waals surface area contributed by atoms with Crippen LogP contribution < -0.4 is 9.64 Å². The summed E-state index contributed by atoms with van der Waals surface area (Å²) in [6, 6.07) is 15.7. The van der Waals surface area contributed by atoms with Crippen molar-refractivity contribution in [2.24, 2.45) is 5.92 Å². The van der Waals surface area contributed by atoms with Gasteiger partial charge in [0.2, 0.25) is 0 Å². The van der Waals surface area contributed by atoms with Crippen molar-refractivity contribution in [1.82, 2.24) is 9.80 Å². The first-order valence-corrected chi connectivity index (χ1v) is 11.5. The molecule has 0 amide bonds. The van der Waals surface area contributed by atoms with Gasteiger partial charge in [-0.1, -0.05) is 18.2 Å². The van der Waals surface area contributed by atoms with Gasteiger partial charge in [0.1, 0.15) is 12.4 Å². The second-order valence-corrected chi connectivity index (χ2v) is 9.26. The zero-order valence-electron chi connectivity index (χ0n) is 19.3. The molecule has 2 heterocycles. The van der Waals surface area contributed by atoms with Crippen LogP contribution in [0.2, 0.25) is 0 Å². The van der Waals surface area contributed by atoms with Gasteiger partial charge >= 0.3 is 0 Å². The molecule has 1 saturated heterocycles. The van der Waals surface area contributed by atoms with Gasteiger partial charge in [0, 0.05) is 65.2 Å². The van der Waals surface area contributed by atoms with Crippen molar-refractivity contribution in [1.29, 1.82) is 0 Å². The van der Waals surface area contributed by atoms with E-state index in [1.807, 2.05) is 7.11 Å². The highest BCUT2D eigenvalue weighted by Crippen LogP contribution is 2.27. The summed E-state index contributed by atoms with van der Waals surface area (Å²) in [5.41, 5.74) is 5.29. The first-order chi connectivity index (χ1) is 15.1. The first-order valence-electron chi connectivity index (χ1n) is 11.5. The van der Waals surface area contributed by atoms with Crippen molar-refractivity contribution in [3.05, 3.63) is 59.2 Å². The molecule has 31 heavy (non-hydrogen) atoms. The van der Waals surface area contributed by atoms with E-state index in [1.54, 1.807) is 0 Å². The van der Waals surface area contributed by atoms with Gasteiger partial charge in [-0.25, -0.2) is 0 Å². The molecule has 0 aromatic heterocycles. The van der Waals surface area contributed by atoms with Crippen molar-refractivity contribution < 1.29 is 9.47 Å². The number of rotatable bonds is 7. The lowest BCUT2D eigenvalue weighted by molar-refractivity contribution is 0.0873. The van der Waals surface area contributed by atoms with E-state index in [9.17, 15) is 0 Å². The fourth-order valence-electron chi connectivity index (χ4n) is 4.82. The quantitative estimate of drug-likeness (QED) is 0.671. The highest BCUT2D eigenvalue weighted by molar-refractivity contribution is 5.46. The molecule has 5 heteroatoms. The molecule has 2 aliphatic rings. The minimum absolute atomic E-state index is 0.664. The minimum atomic E-state index is 0.664. The zero-order valence-corrected chi connectivity index (χ0v) is 19.3. The molecule has 2 aromatic rings. The summed E-state index contributed by atoms with van der Waals surface area (Å²) >= 11 is 0. The fraction of sp³-hybridized carbons (Fsp3) is 0.538. The number of methoxy groups -OCH3 is 1. The first kappa shape index (κ1) is 22.1. The Bertz CT molecular complexity index is 835. The minimum Gasteiger partial charge on any atom is -0.492 e. The van der Waals surface area contributed by atoms with Crippen LogP contribution in [-0.2, 0) is 24.4 Å². The van der Waals surface area contributed by atoms with Gasteiger partial charge in [-0.2, -0.15) is 0 Å². The summed E-state index contributed by atoms with van der Waals surface area (Å²) in [4.78, 5) is 7.22. The Morgan fingerprint density at radius 3 is 2.55 bits per heavy atom. The summed E-state index contributed by atoms with van der Waals surface area (Å²) in [6.07, 6.45) is 2.55. The molecule has 0 aliphatic carbocycles. The van der Waals surface area contributed by atoms with Crippen molar-refractivity contribution in [3.63, 3.8) is 0 Å². The Morgan fingerprint density at radius 1 is 1.00 bits per heavy atom. The lowest BCUT2D eigenvalue weighted by Crippen LogP contribution is -2.36. The Kier molecular flexibility index (Phi) is 7.49. The van der Waals surface area contributed by atoms with Gasteiger partial charge in [-0.3, -0.25) is 9.80 Å². The van der Waals surface area contributed by atoms with Crippen LogP contribution in [0, 0.1) is 5.92 Å². The number of hydrogen-bond acceptors (Lipinski definition) is 5. The molecule has 0 N–H and O–H groups in total.